The standard InChI is InChI=1S/C21H32N4O6/c1-21(2,3)31-20(29)25(16(18(23)27)11-7-8-12-22)17(26)13-24-19(28)30-14-15-9-5-4-6-10-15/h4-6,9-10,16H,7-8,11-14,22H2,1-3H3,(H2,23,27)(H,24,28)/t16-/m0/s1. The van der Waals surface area contributed by atoms with Gasteiger partial charge in [0.1, 0.15) is 24.8 Å². The summed E-state index contributed by atoms with van der Waals surface area (Å²) in [5.74, 6) is -1.70. The average Bonchev–Trinajstić information content (AvgIpc) is 2.69. The first-order chi connectivity index (χ1) is 14.5. The van der Waals surface area contributed by atoms with Crippen LogP contribution in [0.15, 0.2) is 30.3 Å². The lowest BCUT2D eigenvalue weighted by Crippen LogP contribution is -2.54. The first-order valence-corrected chi connectivity index (χ1v) is 10.0. The highest BCUT2D eigenvalue weighted by atomic mass is 16.6. The van der Waals surface area contributed by atoms with Gasteiger partial charge in [-0.1, -0.05) is 30.3 Å². The van der Waals surface area contributed by atoms with E-state index >= 15 is 0 Å². The molecule has 0 aliphatic carbocycles. The summed E-state index contributed by atoms with van der Waals surface area (Å²) in [6, 6.07) is 7.76. The van der Waals surface area contributed by atoms with Crippen molar-refractivity contribution in [2.45, 2.75) is 58.3 Å². The highest BCUT2D eigenvalue weighted by molar-refractivity contribution is 5.99. The van der Waals surface area contributed by atoms with Crippen molar-refractivity contribution in [1.29, 1.82) is 0 Å². The van der Waals surface area contributed by atoms with Crippen molar-refractivity contribution < 1.29 is 28.7 Å². The summed E-state index contributed by atoms with van der Waals surface area (Å²) in [6.07, 6.45) is -0.669. The van der Waals surface area contributed by atoms with Gasteiger partial charge in [0, 0.05) is 0 Å². The van der Waals surface area contributed by atoms with Gasteiger partial charge in [-0.3, -0.25) is 9.59 Å². The van der Waals surface area contributed by atoms with Crippen LogP contribution in [0.5, 0.6) is 0 Å². The molecule has 10 nitrogen and oxygen atoms in total. The molecule has 0 aliphatic rings. The largest absolute Gasteiger partial charge is 0.445 e. The molecule has 0 saturated heterocycles. The van der Waals surface area contributed by atoms with E-state index in [-0.39, 0.29) is 13.0 Å². The first kappa shape index (κ1) is 25.9. The van der Waals surface area contributed by atoms with Crippen molar-refractivity contribution in [2.24, 2.45) is 11.5 Å². The molecule has 10 heteroatoms. The Kier molecular flexibility index (Phi) is 10.5. The van der Waals surface area contributed by atoms with Crippen LogP contribution in [-0.4, -0.2) is 53.6 Å². The van der Waals surface area contributed by atoms with Gasteiger partial charge < -0.3 is 26.3 Å². The maximum Gasteiger partial charge on any atom is 0.417 e. The lowest BCUT2D eigenvalue weighted by Gasteiger charge is -2.30. The fourth-order valence-electron chi connectivity index (χ4n) is 2.60. The third-order valence-electron chi connectivity index (χ3n) is 4.03. The molecule has 172 valence electrons. The molecule has 0 spiro atoms. The number of imide groups is 1. The monoisotopic (exact) mass is 436 g/mol. The van der Waals surface area contributed by atoms with Crippen LogP contribution in [0.4, 0.5) is 9.59 Å². The number of amides is 4. The number of carbonyl (C=O) groups excluding carboxylic acids is 4. The van der Waals surface area contributed by atoms with Crippen LogP contribution in [0.2, 0.25) is 0 Å². The third kappa shape index (κ3) is 9.94. The van der Waals surface area contributed by atoms with Gasteiger partial charge in [0.25, 0.3) is 5.91 Å². The molecular weight excluding hydrogens is 404 g/mol. The zero-order valence-electron chi connectivity index (χ0n) is 18.3. The number of nitrogens with one attached hydrogen (secondary N) is 1. The second-order valence-corrected chi connectivity index (χ2v) is 7.86. The van der Waals surface area contributed by atoms with Gasteiger partial charge in [0.05, 0.1) is 0 Å². The van der Waals surface area contributed by atoms with Gasteiger partial charge in [-0.2, -0.15) is 0 Å². The summed E-state index contributed by atoms with van der Waals surface area (Å²) in [5.41, 5.74) is 10.8. The van der Waals surface area contributed by atoms with Crippen LogP contribution in [0.3, 0.4) is 0 Å². The van der Waals surface area contributed by atoms with Crippen molar-refractivity contribution in [2.75, 3.05) is 13.1 Å². The zero-order valence-corrected chi connectivity index (χ0v) is 18.3. The number of unbranched alkanes of at least 4 members (excludes halogenated alkanes) is 1. The molecule has 0 aliphatic heterocycles. The molecule has 0 bridgehead atoms. The molecule has 4 amide bonds. The second kappa shape index (κ2) is 12.5. The molecule has 1 aromatic rings. The van der Waals surface area contributed by atoms with Crippen molar-refractivity contribution in [3.63, 3.8) is 0 Å². The number of carbonyl (C=O) groups is 4. The maximum absolute atomic E-state index is 12.8. The van der Waals surface area contributed by atoms with Crippen LogP contribution in [0, 0.1) is 0 Å². The maximum atomic E-state index is 12.8. The minimum absolute atomic E-state index is 0.0135. The molecule has 0 radical (unpaired) electrons. The lowest BCUT2D eigenvalue weighted by molar-refractivity contribution is -0.138. The van der Waals surface area contributed by atoms with Crippen molar-refractivity contribution in [3.8, 4) is 0 Å². The molecule has 0 aromatic heterocycles. The van der Waals surface area contributed by atoms with E-state index in [9.17, 15) is 19.2 Å². The zero-order chi connectivity index (χ0) is 23.4. The smallest absolute Gasteiger partial charge is 0.417 e. The fourth-order valence-corrected chi connectivity index (χ4v) is 2.60. The lowest BCUT2D eigenvalue weighted by atomic mass is 10.1. The van der Waals surface area contributed by atoms with E-state index in [4.69, 9.17) is 20.9 Å². The Morgan fingerprint density at radius 3 is 2.29 bits per heavy atom. The van der Waals surface area contributed by atoms with Gasteiger partial charge in [-0.25, -0.2) is 14.5 Å². The van der Waals surface area contributed by atoms with E-state index in [1.54, 1.807) is 45.0 Å². The fraction of sp³-hybridized carbons (Fsp3) is 0.524. The first-order valence-electron chi connectivity index (χ1n) is 10.0. The van der Waals surface area contributed by atoms with Gasteiger partial charge in [-0.05, 0) is 52.1 Å². The summed E-state index contributed by atoms with van der Waals surface area (Å²) in [6.45, 7) is 4.70. The van der Waals surface area contributed by atoms with Gasteiger partial charge in [-0.15, -0.1) is 0 Å². The van der Waals surface area contributed by atoms with Crippen LogP contribution in [0.25, 0.3) is 0 Å². The molecule has 0 saturated carbocycles. The number of ether oxygens (including phenoxy) is 2. The normalized spacial score (nSPS) is 11.9. The van der Waals surface area contributed by atoms with E-state index in [1.807, 2.05) is 6.07 Å². The number of hydrogen-bond acceptors (Lipinski definition) is 7. The molecule has 0 unspecified atom stereocenters. The van der Waals surface area contributed by atoms with Crippen LogP contribution >= 0.6 is 0 Å². The highest BCUT2D eigenvalue weighted by Crippen LogP contribution is 2.16. The number of nitrogens with two attached hydrogens (primary N) is 2. The number of primary amides is 1. The van der Waals surface area contributed by atoms with Gasteiger partial charge in [0.15, 0.2) is 0 Å². The quantitative estimate of drug-likeness (QED) is 0.471. The van der Waals surface area contributed by atoms with Crippen LogP contribution in [-0.2, 0) is 25.7 Å². The highest BCUT2D eigenvalue weighted by Gasteiger charge is 2.36. The summed E-state index contributed by atoms with van der Waals surface area (Å²) >= 11 is 0. The topological polar surface area (TPSA) is 154 Å². The average molecular weight is 437 g/mol. The van der Waals surface area contributed by atoms with E-state index in [0.29, 0.717) is 24.3 Å². The van der Waals surface area contributed by atoms with Crippen molar-refractivity contribution >= 4 is 24.0 Å². The number of nitrogens with zero attached hydrogens (tertiary/aromatic N) is 1. The van der Waals surface area contributed by atoms with Crippen LogP contribution < -0.4 is 16.8 Å². The van der Waals surface area contributed by atoms with Crippen LogP contribution in [0.1, 0.15) is 45.6 Å². The van der Waals surface area contributed by atoms with E-state index in [1.165, 1.54) is 0 Å². The number of hydrogen-bond donors (Lipinski definition) is 3. The Hall–Kier alpha value is -3.14. The molecule has 0 heterocycles. The SMILES string of the molecule is CC(C)(C)OC(=O)N(C(=O)CNC(=O)OCc1ccccc1)[C@@H](CCCCN)C(N)=O. The predicted octanol–water partition coefficient (Wildman–Crippen LogP) is 1.66. The Morgan fingerprint density at radius 1 is 1.10 bits per heavy atom. The summed E-state index contributed by atoms with van der Waals surface area (Å²) in [4.78, 5) is 50.0. The Bertz CT molecular complexity index is 748. The number of rotatable bonds is 10. The minimum atomic E-state index is -1.23. The summed E-state index contributed by atoms with van der Waals surface area (Å²) in [7, 11) is 0. The minimum Gasteiger partial charge on any atom is -0.445 e. The molecule has 0 fully saturated rings. The third-order valence-corrected chi connectivity index (χ3v) is 4.03. The molecule has 1 rings (SSSR count). The van der Waals surface area contributed by atoms with E-state index in [0.717, 1.165) is 5.56 Å². The molecule has 1 aromatic carbocycles. The Balaban J connectivity index is 2.82. The van der Waals surface area contributed by atoms with Gasteiger partial charge in [0.2, 0.25) is 5.91 Å². The number of alkyl carbamates (subject to hydrolysis) is 1. The molecule has 5 N–H and O–H groups in total. The van der Waals surface area contributed by atoms with Crippen molar-refractivity contribution in [1.82, 2.24) is 10.2 Å². The molecule has 1 atom stereocenters. The Labute approximate surface area is 182 Å². The number of benzene rings is 1. The molecular formula is C21H32N4O6. The van der Waals surface area contributed by atoms with Crippen molar-refractivity contribution in [3.05, 3.63) is 35.9 Å². The van der Waals surface area contributed by atoms with E-state index < -0.39 is 42.2 Å². The molecule has 31 heavy (non-hydrogen) atoms. The van der Waals surface area contributed by atoms with Gasteiger partial charge >= 0.3 is 12.2 Å². The summed E-state index contributed by atoms with van der Waals surface area (Å²) in [5, 5.41) is 2.28. The van der Waals surface area contributed by atoms with E-state index in [2.05, 4.69) is 5.32 Å². The Morgan fingerprint density at radius 2 is 1.74 bits per heavy atom. The predicted molar refractivity (Wildman–Crippen MR) is 114 cm³/mol. The second-order valence-electron chi connectivity index (χ2n) is 7.86. The summed E-state index contributed by atoms with van der Waals surface area (Å²) < 4.78 is 10.3.